The smallest absolute Gasteiger partial charge is 0.245 e. The van der Waals surface area contributed by atoms with Crippen LogP contribution >= 0.6 is 15.9 Å². The summed E-state index contributed by atoms with van der Waals surface area (Å²) in [6.07, 6.45) is 2.35. The van der Waals surface area contributed by atoms with Crippen LogP contribution in [0.2, 0.25) is 0 Å². The molecule has 0 aliphatic carbocycles. The number of H-pyrrole nitrogens is 1. The topological polar surface area (TPSA) is 70.8 Å². The van der Waals surface area contributed by atoms with Gasteiger partial charge in [0.15, 0.2) is 5.82 Å². The first-order valence-corrected chi connectivity index (χ1v) is 8.11. The fourth-order valence-electron chi connectivity index (χ4n) is 2.78. The number of halogens is 1. The Labute approximate surface area is 133 Å². The minimum Gasteiger partial charge on any atom is -0.339 e. The van der Waals surface area contributed by atoms with E-state index in [9.17, 15) is 0 Å². The molecule has 1 saturated heterocycles. The van der Waals surface area contributed by atoms with Gasteiger partial charge in [0.2, 0.25) is 5.95 Å². The monoisotopic (exact) mass is 349 g/mol. The SMILES string of the molecule is Cc1cccc(-c2nc(N3CCCC(CN)C3)n[nH]2)c1Br. The van der Waals surface area contributed by atoms with Crippen LogP contribution in [-0.2, 0) is 0 Å². The molecule has 0 amide bonds. The fourth-order valence-corrected chi connectivity index (χ4v) is 3.24. The molecule has 1 atom stereocenters. The third kappa shape index (κ3) is 2.96. The van der Waals surface area contributed by atoms with Gasteiger partial charge in [-0.1, -0.05) is 18.2 Å². The first kappa shape index (κ1) is 14.5. The number of aromatic amines is 1. The summed E-state index contributed by atoms with van der Waals surface area (Å²) in [5.41, 5.74) is 8.02. The van der Waals surface area contributed by atoms with E-state index in [1.54, 1.807) is 0 Å². The van der Waals surface area contributed by atoms with Gasteiger partial charge in [-0.2, -0.15) is 4.98 Å². The highest BCUT2D eigenvalue weighted by Crippen LogP contribution is 2.29. The molecule has 1 aromatic carbocycles. The number of nitrogens with one attached hydrogen (secondary N) is 1. The van der Waals surface area contributed by atoms with Crippen molar-refractivity contribution in [1.82, 2.24) is 15.2 Å². The molecule has 5 nitrogen and oxygen atoms in total. The minimum atomic E-state index is 0.548. The lowest BCUT2D eigenvalue weighted by Crippen LogP contribution is -2.38. The number of hydrogen-bond donors (Lipinski definition) is 2. The van der Waals surface area contributed by atoms with Gasteiger partial charge in [0.05, 0.1) is 0 Å². The molecule has 1 aliphatic heterocycles. The summed E-state index contributed by atoms with van der Waals surface area (Å²) in [6.45, 7) is 4.75. The van der Waals surface area contributed by atoms with Gasteiger partial charge in [-0.15, -0.1) is 5.10 Å². The van der Waals surface area contributed by atoms with Crippen molar-refractivity contribution in [1.29, 1.82) is 0 Å². The van der Waals surface area contributed by atoms with Crippen molar-refractivity contribution in [3.63, 3.8) is 0 Å². The maximum atomic E-state index is 5.79. The Bertz CT molecular complexity index is 624. The number of aromatic nitrogens is 3. The predicted molar refractivity (Wildman–Crippen MR) is 88.2 cm³/mol. The van der Waals surface area contributed by atoms with E-state index in [1.807, 2.05) is 12.1 Å². The van der Waals surface area contributed by atoms with Crippen LogP contribution in [0.1, 0.15) is 18.4 Å². The number of nitrogens with zero attached hydrogens (tertiary/aromatic N) is 3. The van der Waals surface area contributed by atoms with E-state index in [0.29, 0.717) is 5.92 Å². The van der Waals surface area contributed by atoms with Gasteiger partial charge in [0.1, 0.15) is 0 Å². The Balaban J connectivity index is 1.85. The van der Waals surface area contributed by atoms with Crippen LogP contribution in [-0.4, -0.2) is 34.8 Å². The zero-order chi connectivity index (χ0) is 14.8. The quantitative estimate of drug-likeness (QED) is 0.893. The van der Waals surface area contributed by atoms with E-state index in [2.05, 4.69) is 49.0 Å². The first-order chi connectivity index (χ1) is 10.2. The summed E-state index contributed by atoms with van der Waals surface area (Å²) in [4.78, 5) is 6.89. The summed E-state index contributed by atoms with van der Waals surface area (Å²) >= 11 is 3.63. The Morgan fingerprint density at radius 1 is 1.48 bits per heavy atom. The second kappa shape index (κ2) is 6.15. The van der Waals surface area contributed by atoms with Gasteiger partial charge in [0, 0.05) is 23.1 Å². The Morgan fingerprint density at radius 3 is 3.14 bits per heavy atom. The second-order valence-electron chi connectivity index (χ2n) is 5.61. The number of anilines is 1. The van der Waals surface area contributed by atoms with E-state index >= 15 is 0 Å². The van der Waals surface area contributed by atoms with Crippen molar-refractivity contribution in [2.75, 3.05) is 24.5 Å². The van der Waals surface area contributed by atoms with Crippen LogP contribution in [0.3, 0.4) is 0 Å². The largest absolute Gasteiger partial charge is 0.339 e. The minimum absolute atomic E-state index is 0.548. The number of benzene rings is 1. The zero-order valence-electron chi connectivity index (χ0n) is 12.1. The summed E-state index contributed by atoms with van der Waals surface area (Å²) in [6, 6.07) is 6.14. The Hall–Kier alpha value is -1.40. The third-order valence-electron chi connectivity index (χ3n) is 4.06. The maximum Gasteiger partial charge on any atom is 0.245 e. The van der Waals surface area contributed by atoms with E-state index < -0.39 is 0 Å². The lowest BCUT2D eigenvalue weighted by atomic mass is 9.99. The van der Waals surface area contributed by atoms with Gasteiger partial charge < -0.3 is 10.6 Å². The molecule has 6 heteroatoms. The van der Waals surface area contributed by atoms with Gasteiger partial charge in [0.25, 0.3) is 0 Å². The molecule has 0 saturated carbocycles. The fraction of sp³-hybridized carbons (Fsp3) is 0.467. The molecule has 1 unspecified atom stereocenters. The number of piperidine rings is 1. The van der Waals surface area contributed by atoms with Gasteiger partial charge in [-0.05, 0) is 53.7 Å². The van der Waals surface area contributed by atoms with Crippen LogP contribution in [0, 0.1) is 12.8 Å². The molecule has 0 spiro atoms. The third-order valence-corrected chi connectivity index (χ3v) is 5.11. The molecule has 1 fully saturated rings. The molecular formula is C15H20BrN5. The summed E-state index contributed by atoms with van der Waals surface area (Å²) in [5.74, 6) is 2.12. The molecule has 112 valence electrons. The number of nitrogens with two attached hydrogens (primary N) is 1. The normalized spacial score (nSPS) is 19.0. The first-order valence-electron chi connectivity index (χ1n) is 7.32. The average molecular weight is 350 g/mol. The van der Waals surface area contributed by atoms with Crippen molar-refractivity contribution in [3.05, 3.63) is 28.2 Å². The Morgan fingerprint density at radius 2 is 2.33 bits per heavy atom. The van der Waals surface area contributed by atoms with Crippen LogP contribution < -0.4 is 10.6 Å². The summed E-state index contributed by atoms with van der Waals surface area (Å²) < 4.78 is 1.06. The molecule has 2 aromatic rings. The average Bonchev–Trinajstić information content (AvgIpc) is 3.00. The van der Waals surface area contributed by atoms with Gasteiger partial charge >= 0.3 is 0 Å². The van der Waals surface area contributed by atoms with E-state index in [-0.39, 0.29) is 0 Å². The lowest BCUT2D eigenvalue weighted by Gasteiger charge is -2.31. The van der Waals surface area contributed by atoms with Crippen LogP contribution in [0.4, 0.5) is 5.95 Å². The number of aryl methyl sites for hydroxylation is 1. The number of hydrogen-bond acceptors (Lipinski definition) is 4. The zero-order valence-corrected chi connectivity index (χ0v) is 13.7. The molecule has 1 aromatic heterocycles. The highest BCUT2D eigenvalue weighted by molar-refractivity contribution is 9.10. The van der Waals surface area contributed by atoms with Gasteiger partial charge in [-0.3, -0.25) is 5.10 Å². The van der Waals surface area contributed by atoms with Gasteiger partial charge in [-0.25, -0.2) is 0 Å². The van der Waals surface area contributed by atoms with Crippen molar-refractivity contribution in [2.24, 2.45) is 11.7 Å². The van der Waals surface area contributed by atoms with E-state index in [4.69, 9.17) is 5.73 Å². The predicted octanol–water partition coefficient (Wildman–Crippen LogP) is 2.72. The van der Waals surface area contributed by atoms with Crippen molar-refractivity contribution in [3.8, 4) is 11.4 Å². The van der Waals surface area contributed by atoms with E-state index in [0.717, 1.165) is 47.9 Å². The molecule has 3 N–H and O–H groups in total. The lowest BCUT2D eigenvalue weighted by molar-refractivity contribution is 0.420. The maximum absolute atomic E-state index is 5.79. The molecule has 21 heavy (non-hydrogen) atoms. The molecule has 0 bridgehead atoms. The molecular weight excluding hydrogens is 330 g/mol. The van der Waals surface area contributed by atoms with Crippen LogP contribution in [0.15, 0.2) is 22.7 Å². The standard InChI is InChI=1S/C15H20BrN5/c1-10-4-2-6-12(13(10)16)14-18-15(20-19-14)21-7-3-5-11(8-17)9-21/h2,4,6,11H,3,5,7-9,17H2,1H3,(H,18,19,20). The molecule has 2 heterocycles. The highest BCUT2D eigenvalue weighted by atomic mass is 79.9. The second-order valence-corrected chi connectivity index (χ2v) is 6.40. The van der Waals surface area contributed by atoms with Crippen LogP contribution in [0.25, 0.3) is 11.4 Å². The van der Waals surface area contributed by atoms with E-state index in [1.165, 1.54) is 12.0 Å². The molecule has 3 rings (SSSR count). The summed E-state index contributed by atoms with van der Waals surface area (Å²) in [7, 11) is 0. The van der Waals surface area contributed by atoms with Crippen molar-refractivity contribution in [2.45, 2.75) is 19.8 Å². The summed E-state index contributed by atoms with van der Waals surface area (Å²) in [5, 5.41) is 7.44. The highest BCUT2D eigenvalue weighted by Gasteiger charge is 2.22. The van der Waals surface area contributed by atoms with Crippen LogP contribution in [0.5, 0.6) is 0 Å². The van der Waals surface area contributed by atoms with Crippen molar-refractivity contribution >= 4 is 21.9 Å². The number of rotatable bonds is 3. The Kier molecular flexibility index (Phi) is 4.26. The van der Waals surface area contributed by atoms with Crippen molar-refractivity contribution < 1.29 is 0 Å². The molecule has 1 aliphatic rings. The molecule has 0 radical (unpaired) electrons.